The SMILES string of the molecule is COC(=O)c1ccc(F)c(NC(=O)c2ccc(N3C(=O)CCC3=O)cc2)c1. The zero-order chi connectivity index (χ0) is 19.6. The second-order valence-electron chi connectivity index (χ2n) is 5.81. The number of ether oxygens (including phenoxy) is 1. The van der Waals surface area contributed by atoms with Crippen LogP contribution in [-0.2, 0) is 14.3 Å². The van der Waals surface area contributed by atoms with E-state index in [4.69, 9.17) is 0 Å². The van der Waals surface area contributed by atoms with Crippen LogP contribution in [-0.4, -0.2) is 30.8 Å². The predicted molar refractivity (Wildman–Crippen MR) is 93.9 cm³/mol. The maximum Gasteiger partial charge on any atom is 0.337 e. The van der Waals surface area contributed by atoms with Gasteiger partial charge in [0, 0.05) is 18.4 Å². The van der Waals surface area contributed by atoms with Crippen LogP contribution in [0.3, 0.4) is 0 Å². The number of nitrogens with one attached hydrogen (secondary N) is 1. The molecule has 27 heavy (non-hydrogen) atoms. The summed E-state index contributed by atoms with van der Waals surface area (Å²) in [6.45, 7) is 0. The Hall–Kier alpha value is -3.55. The molecule has 0 saturated carbocycles. The molecule has 3 amide bonds. The van der Waals surface area contributed by atoms with E-state index in [-0.39, 0.29) is 41.5 Å². The van der Waals surface area contributed by atoms with Gasteiger partial charge in [-0.25, -0.2) is 9.18 Å². The summed E-state index contributed by atoms with van der Waals surface area (Å²) in [5.41, 5.74) is 0.492. The average Bonchev–Trinajstić information content (AvgIpc) is 3.01. The van der Waals surface area contributed by atoms with Crippen molar-refractivity contribution in [3.8, 4) is 0 Å². The summed E-state index contributed by atoms with van der Waals surface area (Å²) in [5, 5.41) is 2.38. The molecule has 8 heteroatoms. The van der Waals surface area contributed by atoms with Gasteiger partial charge < -0.3 is 10.1 Å². The van der Waals surface area contributed by atoms with Crippen molar-refractivity contribution < 1.29 is 28.3 Å². The fourth-order valence-electron chi connectivity index (χ4n) is 2.69. The van der Waals surface area contributed by atoms with Gasteiger partial charge in [0.2, 0.25) is 11.8 Å². The molecule has 1 saturated heterocycles. The van der Waals surface area contributed by atoms with Crippen molar-refractivity contribution in [3.05, 3.63) is 59.4 Å². The lowest BCUT2D eigenvalue weighted by Crippen LogP contribution is -2.28. The summed E-state index contributed by atoms with van der Waals surface area (Å²) in [6.07, 6.45) is 0.327. The van der Waals surface area contributed by atoms with Crippen LogP contribution in [0, 0.1) is 5.82 Å². The number of halogens is 1. The standard InChI is InChI=1S/C19H15FN2O5/c1-27-19(26)12-4-7-14(20)15(10-12)21-18(25)11-2-5-13(6-3-11)22-16(23)8-9-17(22)24/h2-7,10H,8-9H2,1H3,(H,21,25). The summed E-state index contributed by atoms with van der Waals surface area (Å²) in [5.74, 6) is -2.56. The predicted octanol–water partition coefficient (Wildman–Crippen LogP) is 2.52. The molecule has 0 atom stereocenters. The van der Waals surface area contributed by atoms with Crippen molar-refractivity contribution in [1.29, 1.82) is 0 Å². The van der Waals surface area contributed by atoms with E-state index in [1.54, 1.807) is 0 Å². The van der Waals surface area contributed by atoms with Crippen LogP contribution >= 0.6 is 0 Å². The van der Waals surface area contributed by atoms with Crippen LogP contribution in [0.15, 0.2) is 42.5 Å². The summed E-state index contributed by atoms with van der Waals surface area (Å²) < 4.78 is 18.5. The molecule has 0 aliphatic carbocycles. The van der Waals surface area contributed by atoms with Gasteiger partial charge in [0.1, 0.15) is 5.82 Å². The third kappa shape index (κ3) is 3.69. The summed E-state index contributed by atoms with van der Waals surface area (Å²) in [6, 6.07) is 9.26. The number of amides is 3. The number of imide groups is 1. The molecule has 2 aromatic rings. The molecule has 1 N–H and O–H groups in total. The smallest absolute Gasteiger partial charge is 0.337 e. The number of carbonyl (C=O) groups is 4. The molecule has 0 radical (unpaired) electrons. The molecule has 0 unspecified atom stereocenters. The number of anilines is 2. The summed E-state index contributed by atoms with van der Waals surface area (Å²) >= 11 is 0. The highest BCUT2D eigenvalue weighted by atomic mass is 19.1. The molecule has 138 valence electrons. The van der Waals surface area contributed by atoms with E-state index in [0.717, 1.165) is 11.0 Å². The Morgan fingerprint density at radius 1 is 1.00 bits per heavy atom. The maximum absolute atomic E-state index is 13.9. The summed E-state index contributed by atoms with van der Waals surface area (Å²) in [4.78, 5) is 48.4. The van der Waals surface area contributed by atoms with Gasteiger partial charge in [0.25, 0.3) is 5.91 Å². The average molecular weight is 370 g/mol. The minimum absolute atomic E-state index is 0.0932. The van der Waals surface area contributed by atoms with E-state index in [0.29, 0.717) is 5.69 Å². The molecule has 1 aliphatic rings. The third-order valence-electron chi connectivity index (χ3n) is 4.07. The van der Waals surface area contributed by atoms with Crippen molar-refractivity contribution in [3.63, 3.8) is 0 Å². The largest absolute Gasteiger partial charge is 0.465 e. The van der Waals surface area contributed by atoms with Gasteiger partial charge in [-0.05, 0) is 42.5 Å². The quantitative estimate of drug-likeness (QED) is 0.659. The normalized spacial score (nSPS) is 13.6. The topological polar surface area (TPSA) is 92.8 Å². The highest BCUT2D eigenvalue weighted by Gasteiger charge is 2.30. The lowest BCUT2D eigenvalue weighted by atomic mass is 10.1. The van der Waals surface area contributed by atoms with Crippen molar-refractivity contribution in [2.24, 2.45) is 0 Å². The first kappa shape index (κ1) is 18.2. The zero-order valence-corrected chi connectivity index (χ0v) is 14.3. The first-order valence-electron chi connectivity index (χ1n) is 8.06. The Kier molecular flexibility index (Phi) is 4.98. The van der Waals surface area contributed by atoms with E-state index in [1.807, 2.05) is 0 Å². The van der Waals surface area contributed by atoms with E-state index in [2.05, 4.69) is 10.1 Å². The molecule has 3 rings (SSSR count). The van der Waals surface area contributed by atoms with Gasteiger partial charge in [-0.2, -0.15) is 0 Å². The fourth-order valence-corrected chi connectivity index (χ4v) is 2.69. The Morgan fingerprint density at radius 2 is 1.59 bits per heavy atom. The first-order chi connectivity index (χ1) is 12.9. The fraction of sp³-hybridized carbons (Fsp3) is 0.158. The van der Waals surface area contributed by atoms with Gasteiger partial charge in [-0.3, -0.25) is 19.3 Å². The number of rotatable bonds is 4. The number of hydrogen-bond donors (Lipinski definition) is 1. The molecular weight excluding hydrogens is 355 g/mol. The van der Waals surface area contributed by atoms with Crippen molar-refractivity contribution in [1.82, 2.24) is 0 Å². The minimum Gasteiger partial charge on any atom is -0.465 e. The minimum atomic E-state index is -0.708. The van der Waals surface area contributed by atoms with E-state index in [9.17, 15) is 23.6 Å². The van der Waals surface area contributed by atoms with Gasteiger partial charge in [-0.1, -0.05) is 0 Å². The molecular formula is C19H15FN2O5. The van der Waals surface area contributed by atoms with Gasteiger partial charge in [-0.15, -0.1) is 0 Å². The number of carbonyl (C=O) groups excluding carboxylic acids is 4. The highest BCUT2D eigenvalue weighted by Crippen LogP contribution is 2.23. The molecule has 2 aromatic carbocycles. The van der Waals surface area contributed by atoms with E-state index < -0.39 is 17.7 Å². The van der Waals surface area contributed by atoms with E-state index in [1.165, 1.54) is 43.5 Å². The van der Waals surface area contributed by atoms with Crippen molar-refractivity contribution in [2.75, 3.05) is 17.3 Å². The number of nitrogens with zero attached hydrogens (tertiary/aromatic N) is 1. The van der Waals surface area contributed by atoms with Crippen molar-refractivity contribution >= 4 is 35.1 Å². The molecule has 1 heterocycles. The Morgan fingerprint density at radius 3 is 2.19 bits per heavy atom. The number of esters is 1. The molecule has 0 spiro atoms. The number of hydrogen-bond acceptors (Lipinski definition) is 5. The Labute approximate surface area is 153 Å². The van der Waals surface area contributed by atoms with Crippen LogP contribution in [0.4, 0.5) is 15.8 Å². The van der Waals surface area contributed by atoms with Crippen LogP contribution in [0.25, 0.3) is 0 Å². The Bertz CT molecular complexity index is 924. The van der Waals surface area contributed by atoms with Crippen molar-refractivity contribution in [2.45, 2.75) is 12.8 Å². The first-order valence-corrected chi connectivity index (χ1v) is 8.06. The molecule has 0 bridgehead atoms. The zero-order valence-electron chi connectivity index (χ0n) is 14.3. The van der Waals surface area contributed by atoms with E-state index >= 15 is 0 Å². The lowest BCUT2D eigenvalue weighted by molar-refractivity contribution is -0.121. The third-order valence-corrected chi connectivity index (χ3v) is 4.07. The monoisotopic (exact) mass is 370 g/mol. The molecule has 0 aromatic heterocycles. The lowest BCUT2D eigenvalue weighted by Gasteiger charge is -2.14. The highest BCUT2D eigenvalue weighted by molar-refractivity contribution is 6.20. The van der Waals surface area contributed by atoms with Gasteiger partial charge in [0.15, 0.2) is 0 Å². The molecule has 7 nitrogen and oxygen atoms in total. The second kappa shape index (κ2) is 7.36. The molecule has 1 aliphatic heterocycles. The van der Waals surface area contributed by atoms with Gasteiger partial charge >= 0.3 is 5.97 Å². The van der Waals surface area contributed by atoms with Crippen LogP contribution in [0.5, 0.6) is 0 Å². The van der Waals surface area contributed by atoms with Gasteiger partial charge in [0.05, 0.1) is 24.0 Å². The maximum atomic E-state index is 13.9. The number of methoxy groups -OCH3 is 1. The van der Waals surface area contributed by atoms with Crippen LogP contribution in [0.2, 0.25) is 0 Å². The second-order valence-corrected chi connectivity index (χ2v) is 5.81. The number of benzene rings is 2. The van der Waals surface area contributed by atoms with Crippen LogP contribution in [0.1, 0.15) is 33.6 Å². The van der Waals surface area contributed by atoms with Crippen LogP contribution < -0.4 is 10.2 Å². The molecule has 1 fully saturated rings. The Balaban J connectivity index is 1.78. The summed E-state index contributed by atoms with van der Waals surface area (Å²) in [7, 11) is 1.20.